The molecule has 4 heteroatoms. The maximum atomic E-state index is 7.45. The van der Waals surface area contributed by atoms with Crippen molar-refractivity contribution >= 4 is 46.2 Å². The van der Waals surface area contributed by atoms with Gasteiger partial charge < -0.3 is 14.4 Å². The number of ether oxygens (including phenoxy) is 1. The summed E-state index contributed by atoms with van der Waals surface area (Å²) in [6, 6.07) is 40.2. The van der Waals surface area contributed by atoms with E-state index in [0.29, 0.717) is 0 Å². The number of rotatable bonds is 1. The van der Waals surface area contributed by atoms with Crippen LogP contribution in [0, 0.1) is 0 Å². The minimum Gasteiger partial charge on any atom is -0.453 e. The normalized spacial score (nSPS) is 15.8. The van der Waals surface area contributed by atoms with Gasteiger partial charge in [-0.1, -0.05) is 158 Å². The van der Waals surface area contributed by atoms with E-state index in [4.69, 9.17) is 4.74 Å². The molecule has 0 atom stereocenters. The standard InChI is InChI=1S/C55H59BN2O/c1-51(2,3)32-19-23-36(24-20-32)57-44-28-33(52(4,5)6)21-25-42(44)56-48-39(27-35(29-45(48)57)54(10,11)12)40-31-38-37-17-15-16-18-41(37)55(13,14)47(38)50-49(40)58(56)43-26-22-34(53(7,8)9)30-46(43)59-50/h15-31H,1-14H3. The monoisotopic (exact) mass is 774 g/mol. The van der Waals surface area contributed by atoms with Crippen molar-refractivity contribution in [1.82, 2.24) is 0 Å². The highest BCUT2D eigenvalue weighted by Crippen LogP contribution is 2.63. The fourth-order valence-corrected chi connectivity index (χ4v) is 10.3. The molecule has 0 saturated heterocycles. The van der Waals surface area contributed by atoms with Crippen LogP contribution >= 0.6 is 0 Å². The van der Waals surface area contributed by atoms with Gasteiger partial charge in [-0.25, -0.2) is 0 Å². The number of fused-ring (bicyclic) bond motifs is 10. The number of nitrogens with zero attached hydrogens (tertiary/aromatic N) is 2. The average molecular weight is 775 g/mol. The van der Waals surface area contributed by atoms with Gasteiger partial charge in [0.2, 0.25) is 0 Å². The third-order valence-corrected chi connectivity index (χ3v) is 13.8. The highest BCUT2D eigenvalue weighted by Gasteiger charge is 2.51. The van der Waals surface area contributed by atoms with Crippen LogP contribution in [-0.4, -0.2) is 6.85 Å². The number of benzene rings is 6. The molecule has 3 aliphatic heterocycles. The fourth-order valence-electron chi connectivity index (χ4n) is 10.3. The molecule has 6 aromatic carbocycles. The predicted octanol–water partition coefficient (Wildman–Crippen LogP) is 14.0. The van der Waals surface area contributed by atoms with Crippen LogP contribution in [0.3, 0.4) is 0 Å². The molecular formula is C55H59BN2O. The lowest BCUT2D eigenvalue weighted by Gasteiger charge is -2.49. The lowest BCUT2D eigenvalue weighted by molar-refractivity contribution is 0.458. The van der Waals surface area contributed by atoms with Crippen LogP contribution in [0.4, 0.5) is 28.4 Å². The van der Waals surface area contributed by atoms with Crippen LogP contribution in [-0.2, 0) is 27.1 Å². The number of hydrogen-bond donors (Lipinski definition) is 0. The predicted molar refractivity (Wildman–Crippen MR) is 253 cm³/mol. The third-order valence-electron chi connectivity index (χ3n) is 13.8. The molecule has 0 radical (unpaired) electrons. The van der Waals surface area contributed by atoms with E-state index < -0.39 is 0 Å². The molecule has 0 unspecified atom stereocenters. The van der Waals surface area contributed by atoms with Gasteiger partial charge in [-0.05, 0) is 120 Å². The van der Waals surface area contributed by atoms with E-state index in [1.165, 1.54) is 89.3 Å². The Morgan fingerprint density at radius 1 is 0.508 bits per heavy atom. The highest BCUT2D eigenvalue weighted by atomic mass is 16.5. The Kier molecular flexibility index (Phi) is 7.71. The van der Waals surface area contributed by atoms with Gasteiger partial charge in [0.05, 0.1) is 11.4 Å². The van der Waals surface area contributed by atoms with Crippen LogP contribution in [0.25, 0.3) is 22.3 Å². The molecule has 3 heterocycles. The molecule has 298 valence electrons. The second-order valence-corrected chi connectivity index (χ2v) is 22.4. The number of hydrogen-bond acceptors (Lipinski definition) is 3. The van der Waals surface area contributed by atoms with E-state index in [1.807, 2.05) is 0 Å². The Morgan fingerprint density at radius 3 is 1.76 bits per heavy atom. The van der Waals surface area contributed by atoms with Gasteiger partial charge in [0.1, 0.15) is 5.75 Å². The molecule has 0 bridgehead atoms. The summed E-state index contributed by atoms with van der Waals surface area (Å²) in [5.41, 5.74) is 21.3. The van der Waals surface area contributed by atoms with E-state index in [1.54, 1.807) is 0 Å². The smallest absolute Gasteiger partial charge is 0.333 e. The summed E-state index contributed by atoms with van der Waals surface area (Å²) in [6.07, 6.45) is 0. The first-order valence-electron chi connectivity index (χ1n) is 21.7. The number of anilines is 5. The van der Waals surface area contributed by atoms with Gasteiger partial charge >= 0.3 is 6.85 Å². The second-order valence-electron chi connectivity index (χ2n) is 22.4. The summed E-state index contributed by atoms with van der Waals surface area (Å²) >= 11 is 0. The summed E-state index contributed by atoms with van der Waals surface area (Å²) in [7, 11) is 0. The zero-order valence-electron chi connectivity index (χ0n) is 37.7. The van der Waals surface area contributed by atoms with Crippen molar-refractivity contribution in [3.63, 3.8) is 0 Å². The largest absolute Gasteiger partial charge is 0.453 e. The van der Waals surface area contributed by atoms with Gasteiger partial charge in [0.15, 0.2) is 5.75 Å². The van der Waals surface area contributed by atoms with Crippen molar-refractivity contribution in [1.29, 1.82) is 0 Å². The topological polar surface area (TPSA) is 15.7 Å². The highest BCUT2D eigenvalue weighted by molar-refractivity contribution is 6.93. The summed E-state index contributed by atoms with van der Waals surface area (Å²) in [5.74, 6) is 1.93. The summed E-state index contributed by atoms with van der Waals surface area (Å²) in [6.45, 7) is 32.5. The Balaban J connectivity index is 1.36. The lowest BCUT2D eigenvalue weighted by atomic mass is 9.43. The average Bonchev–Trinajstić information content (AvgIpc) is 3.39. The molecule has 10 rings (SSSR count). The quantitative estimate of drug-likeness (QED) is 0.155. The maximum absolute atomic E-state index is 7.45. The van der Waals surface area contributed by atoms with Crippen LogP contribution in [0.5, 0.6) is 11.5 Å². The molecule has 0 fully saturated rings. The van der Waals surface area contributed by atoms with Crippen molar-refractivity contribution in [3.8, 4) is 33.8 Å². The Hall–Kier alpha value is -5.22. The molecule has 0 N–H and O–H groups in total. The van der Waals surface area contributed by atoms with E-state index in [-0.39, 0.29) is 33.9 Å². The molecule has 6 aromatic rings. The Labute approximate surface area is 353 Å². The minimum atomic E-state index is -0.248. The van der Waals surface area contributed by atoms with E-state index in [9.17, 15) is 0 Å². The third kappa shape index (κ3) is 5.47. The lowest BCUT2D eigenvalue weighted by Crippen LogP contribution is -2.62. The van der Waals surface area contributed by atoms with Crippen molar-refractivity contribution in [2.24, 2.45) is 0 Å². The molecule has 1 aliphatic carbocycles. The SMILES string of the molecule is CC(C)(C)c1ccc(N2c3cc(C(C)(C)C)ccc3B3c4c(cc(C(C)(C)C)cc42)-c2cc4c(c5c2N3c2ccc(C(C)(C)C)cc2O5)C(C)(C)c2ccccc2-4)cc1. The fraction of sp³-hybridized carbons (Fsp3) is 0.345. The zero-order valence-corrected chi connectivity index (χ0v) is 37.7. The summed E-state index contributed by atoms with van der Waals surface area (Å²) in [5, 5.41) is 0. The maximum Gasteiger partial charge on any atom is 0.333 e. The first-order chi connectivity index (χ1) is 27.5. The Bertz CT molecular complexity index is 2760. The molecule has 0 saturated carbocycles. The minimum absolute atomic E-state index is 0.0299. The second kappa shape index (κ2) is 12.0. The van der Waals surface area contributed by atoms with Crippen LogP contribution in [0.1, 0.15) is 130 Å². The van der Waals surface area contributed by atoms with E-state index >= 15 is 0 Å². The van der Waals surface area contributed by atoms with Crippen molar-refractivity contribution in [2.75, 3.05) is 9.71 Å². The van der Waals surface area contributed by atoms with Crippen molar-refractivity contribution < 1.29 is 4.74 Å². The van der Waals surface area contributed by atoms with Crippen LogP contribution in [0.2, 0.25) is 0 Å². The molecule has 0 amide bonds. The molecule has 0 aromatic heterocycles. The summed E-state index contributed by atoms with van der Waals surface area (Å²) < 4.78 is 7.45. The van der Waals surface area contributed by atoms with Gasteiger partial charge in [-0.3, -0.25) is 0 Å². The first-order valence-corrected chi connectivity index (χ1v) is 21.7. The van der Waals surface area contributed by atoms with Gasteiger partial charge in [-0.15, -0.1) is 0 Å². The molecule has 4 aliphatic rings. The Morgan fingerprint density at radius 2 is 1.10 bits per heavy atom. The van der Waals surface area contributed by atoms with Crippen LogP contribution in [0.15, 0.2) is 103 Å². The zero-order chi connectivity index (χ0) is 41.9. The van der Waals surface area contributed by atoms with Gasteiger partial charge in [0, 0.05) is 33.6 Å². The first kappa shape index (κ1) is 38.0. The molecule has 3 nitrogen and oxygen atoms in total. The molecule has 59 heavy (non-hydrogen) atoms. The van der Waals surface area contributed by atoms with Crippen LogP contribution < -0.4 is 25.4 Å². The van der Waals surface area contributed by atoms with Gasteiger partial charge in [-0.2, -0.15) is 0 Å². The van der Waals surface area contributed by atoms with Crippen molar-refractivity contribution in [3.05, 3.63) is 137 Å². The summed E-state index contributed by atoms with van der Waals surface area (Å²) in [4.78, 5) is 5.26. The van der Waals surface area contributed by atoms with E-state index in [2.05, 4.69) is 210 Å². The van der Waals surface area contributed by atoms with E-state index in [0.717, 1.165) is 17.2 Å². The molecule has 0 spiro atoms. The molecular weight excluding hydrogens is 715 g/mol. The van der Waals surface area contributed by atoms with Crippen molar-refractivity contribution in [2.45, 2.75) is 124 Å². The van der Waals surface area contributed by atoms with Gasteiger partial charge in [0.25, 0.3) is 0 Å².